The minimum absolute atomic E-state index is 0.0195. The Bertz CT molecular complexity index is 570. The Kier molecular flexibility index (Phi) is 3.39. The molecule has 5 nitrogen and oxygen atoms in total. The van der Waals surface area contributed by atoms with Crippen LogP contribution in [0.1, 0.15) is 16.2 Å². The molecule has 0 spiro atoms. The molecule has 1 heterocycles. The molecule has 0 bridgehead atoms. The number of aryl methyl sites for hydroxylation is 1. The van der Waals surface area contributed by atoms with Crippen molar-refractivity contribution >= 4 is 38.5 Å². The predicted octanol–water partition coefficient (Wildman–Crippen LogP) is 2.57. The van der Waals surface area contributed by atoms with Gasteiger partial charge >= 0.3 is 0 Å². The van der Waals surface area contributed by atoms with Crippen molar-refractivity contribution in [3.05, 3.63) is 34.1 Å². The monoisotopic (exact) mass is 313 g/mol. The van der Waals surface area contributed by atoms with Crippen molar-refractivity contribution < 1.29 is 9.90 Å². The maximum absolute atomic E-state index is 11.8. The van der Waals surface area contributed by atoms with E-state index in [9.17, 15) is 9.90 Å². The number of hydrogen-bond donors (Lipinski definition) is 2. The summed E-state index contributed by atoms with van der Waals surface area (Å²) in [7, 11) is 0. The molecule has 0 radical (unpaired) electrons. The number of carbonyl (C=O) groups is 1. The van der Waals surface area contributed by atoms with Crippen LogP contribution < -0.4 is 5.32 Å². The summed E-state index contributed by atoms with van der Waals surface area (Å²) in [6.07, 6.45) is 0. The Morgan fingerprint density at radius 3 is 2.88 bits per heavy atom. The molecule has 0 fully saturated rings. The normalized spacial score (nSPS) is 10.2. The second-order valence-electron chi connectivity index (χ2n) is 3.27. The molecule has 0 aliphatic heterocycles. The lowest BCUT2D eigenvalue weighted by Crippen LogP contribution is -2.11. The molecule has 7 heteroatoms. The molecule has 1 amide bonds. The summed E-state index contributed by atoms with van der Waals surface area (Å²) < 4.78 is 4.50. The molecule has 1 aromatic carbocycles. The van der Waals surface area contributed by atoms with Crippen LogP contribution in [0.25, 0.3) is 0 Å². The third-order valence-corrected chi connectivity index (χ3v) is 3.35. The Morgan fingerprint density at radius 1 is 1.53 bits per heavy atom. The quantitative estimate of drug-likeness (QED) is 0.893. The molecule has 17 heavy (non-hydrogen) atoms. The van der Waals surface area contributed by atoms with Crippen LogP contribution in [0, 0.1) is 6.92 Å². The molecular weight excluding hydrogens is 306 g/mol. The average Bonchev–Trinajstić information content (AvgIpc) is 2.68. The number of aromatic hydroxyl groups is 1. The van der Waals surface area contributed by atoms with Gasteiger partial charge in [0.25, 0.3) is 5.91 Å². The summed E-state index contributed by atoms with van der Waals surface area (Å²) in [5.41, 5.74) is 0.360. The van der Waals surface area contributed by atoms with Crippen molar-refractivity contribution in [2.24, 2.45) is 0 Å². The minimum atomic E-state index is -0.330. The van der Waals surface area contributed by atoms with Gasteiger partial charge in [0.2, 0.25) is 5.13 Å². The number of nitrogens with zero attached hydrogens (tertiary/aromatic N) is 2. The third-order valence-electron chi connectivity index (χ3n) is 1.96. The van der Waals surface area contributed by atoms with Crippen LogP contribution in [0.3, 0.4) is 0 Å². The van der Waals surface area contributed by atoms with Crippen molar-refractivity contribution in [1.82, 2.24) is 9.36 Å². The largest absolute Gasteiger partial charge is 0.507 e. The van der Waals surface area contributed by atoms with Crippen molar-refractivity contribution in [2.75, 3.05) is 5.32 Å². The number of amides is 1. The van der Waals surface area contributed by atoms with Gasteiger partial charge in [-0.3, -0.25) is 10.1 Å². The van der Waals surface area contributed by atoms with E-state index in [2.05, 4.69) is 30.6 Å². The van der Waals surface area contributed by atoms with Crippen LogP contribution >= 0.6 is 27.5 Å². The molecule has 2 aromatic rings. The van der Waals surface area contributed by atoms with Gasteiger partial charge in [-0.1, -0.05) is 0 Å². The van der Waals surface area contributed by atoms with Gasteiger partial charge in [0, 0.05) is 17.1 Å². The Labute approximate surface area is 110 Å². The van der Waals surface area contributed by atoms with E-state index < -0.39 is 0 Å². The van der Waals surface area contributed by atoms with E-state index in [4.69, 9.17) is 0 Å². The van der Waals surface area contributed by atoms with E-state index in [1.54, 1.807) is 19.1 Å². The first-order valence-electron chi connectivity index (χ1n) is 4.66. The molecule has 88 valence electrons. The van der Waals surface area contributed by atoms with Crippen molar-refractivity contribution in [2.45, 2.75) is 6.92 Å². The fraction of sp³-hybridized carbons (Fsp3) is 0.100. The summed E-state index contributed by atoms with van der Waals surface area (Å²) in [4.78, 5) is 15.8. The van der Waals surface area contributed by atoms with Crippen LogP contribution in [0.2, 0.25) is 0 Å². The van der Waals surface area contributed by atoms with Gasteiger partial charge < -0.3 is 5.11 Å². The van der Waals surface area contributed by atoms with E-state index in [1.807, 2.05) is 0 Å². The number of anilines is 1. The first kappa shape index (κ1) is 12.0. The van der Waals surface area contributed by atoms with Crippen LogP contribution in [-0.4, -0.2) is 20.4 Å². The number of rotatable bonds is 2. The van der Waals surface area contributed by atoms with E-state index in [0.717, 1.165) is 11.5 Å². The lowest BCUT2D eigenvalue weighted by Gasteiger charge is -2.02. The summed E-state index contributed by atoms with van der Waals surface area (Å²) in [6.45, 7) is 1.75. The Morgan fingerprint density at radius 2 is 2.29 bits per heavy atom. The predicted molar refractivity (Wildman–Crippen MR) is 68.4 cm³/mol. The number of hydrogen-bond acceptors (Lipinski definition) is 5. The SMILES string of the molecule is Cc1nsc(NC(=O)c2ccc(Br)c(O)c2)n1. The Hall–Kier alpha value is -1.47. The van der Waals surface area contributed by atoms with E-state index >= 15 is 0 Å². The fourth-order valence-corrected chi connectivity index (χ4v) is 1.99. The second-order valence-corrected chi connectivity index (χ2v) is 4.87. The molecule has 0 saturated heterocycles. The van der Waals surface area contributed by atoms with Crippen LogP contribution in [-0.2, 0) is 0 Å². The molecule has 0 aliphatic rings. The average molecular weight is 314 g/mol. The number of phenols is 1. The maximum atomic E-state index is 11.8. The number of nitrogens with one attached hydrogen (secondary N) is 1. The van der Waals surface area contributed by atoms with Crippen LogP contribution in [0.5, 0.6) is 5.75 Å². The molecule has 0 atom stereocenters. The van der Waals surface area contributed by atoms with E-state index in [-0.39, 0.29) is 11.7 Å². The number of phenolic OH excluding ortho intramolecular Hbond substituents is 1. The van der Waals surface area contributed by atoms with Crippen molar-refractivity contribution in [3.8, 4) is 5.75 Å². The van der Waals surface area contributed by atoms with E-state index in [1.165, 1.54) is 6.07 Å². The van der Waals surface area contributed by atoms with Gasteiger partial charge in [-0.15, -0.1) is 0 Å². The van der Waals surface area contributed by atoms with Gasteiger partial charge in [0.1, 0.15) is 11.6 Å². The smallest absolute Gasteiger partial charge is 0.257 e. The van der Waals surface area contributed by atoms with Gasteiger partial charge in [-0.05, 0) is 41.1 Å². The standard InChI is InChI=1S/C10H8BrN3O2S/c1-5-12-10(17-14-5)13-9(16)6-2-3-7(11)8(15)4-6/h2-4,15H,1H3,(H,12,13,14,16). The molecular formula is C10H8BrN3O2S. The zero-order valence-electron chi connectivity index (χ0n) is 8.77. The third kappa shape index (κ3) is 2.80. The zero-order valence-corrected chi connectivity index (χ0v) is 11.2. The summed E-state index contributed by atoms with van der Waals surface area (Å²) >= 11 is 4.26. The minimum Gasteiger partial charge on any atom is -0.507 e. The first-order chi connectivity index (χ1) is 8.06. The first-order valence-corrected chi connectivity index (χ1v) is 6.23. The van der Waals surface area contributed by atoms with Gasteiger partial charge in [-0.25, -0.2) is 4.98 Å². The van der Waals surface area contributed by atoms with E-state index in [0.29, 0.717) is 21.0 Å². The lowest BCUT2D eigenvalue weighted by molar-refractivity contribution is 0.102. The molecule has 0 aliphatic carbocycles. The van der Waals surface area contributed by atoms with Gasteiger partial charge in [0.15, 0.2) is 0 Å². The molecule has 2 rings (SSSR count). The van der Waals surface area contributed by atoms with Gasteiger partial charge in [-0.2, -0.15) is 4.37 Å². The fourth-order valence-electron chi connectivity index (χ4n) is 1.17. The molecule has 0 unspecified atom stereocenters. The highest BCUT2D eigenvalue weighted by Gasteiger charge is 2.10. The summed E-state index contributed by atoms with van der Waals surface area (Å²) in [5.74, 6) is 0.305. The number of halogens is 1. The summed E-state index contributed by atoms with van der Waals surface area (Å²) in [5, 5.41) is 12.5. The van der Waals surface area contributed by atoms with Crippen LogP contribution in [0.15, 0.2) is 22.7 Å². The summed E-state index contributed by atoms with van der Waals surface area (Å²) in [6, 6.07) is 4.59. The number of carbonyl (C=O) groups excluding carboxylic acids is 1. The highest BCUT2D eigenvalue weighted by Crippen LogP contribution is 2.24. The van der Waals surface area contributed by atoms with Crippen LogP contribution in [0.4, 0.5) is 5.13 Å². The highest BCUT2D eigenvalue weighted by atomic mass is 79.9. The van der Waals surface area contributed by atoms with Crippen molar-refractivity contribution in [3.63, 3.8) is 0 Å². The Balaban J connectivity index is 2.17. The highest BCUT2D eigenvalue weighted by molar-refractivity contribution is 9.10. The molecule has 2 N–H and O–H groups in total. The van der Waals surface area contributed by atoms with Crippen molar-refractivity contribution in [1.29, 1.82) is 0 Å². The zero-order chi connectivity index (χ0) is 12.4. The molecule has 1 aromatic heterocycles. The number of aromatic nitrogens is 2. The maximum Gasteiger partial charge on any atom is 0.257 e. The number of benzene rings is 1. The topological polar surface area (TPSA) is 75.1 Å². The van der Waals surface area contributed by atoms with Gasteiger partial charge in [0.05, 0.1) is 4.47 Å². The lowest BCUT2D eigenvalue weighted by atomic mass is 10.2. The molecule has 0 saturated carbocycles. The second kappa shape index (κ2) is 4.80.